The van der Waals surface area contributed by atoms with E-state index >= 15 is 0 Å². The minimum absolute atomic E-state index is 0.733. The molecule has 2 rings (SSSR count). The molecule has 86 valence electrons. The van der Waals surface area contributed by atoms with Crippen LogP contribution in [0.2, 0.25) is 0 Å². The molecule has 2 aromatic heterocycles. The molecule has 0 aromatic carbocycles. The average molecular weight is 217 g/mol. The van der Waals surface area contributed by atoms with Crippen LogP contribution in [0.3, 0.4) is 0 Å². The summed E-state index contributed by atoms with van der Waals surface area (Å²) in [5.41, 5.74) is 2.12. The first-order chi connectivity index (χ1) is 7.79. The van der Waals surface area contributed by atoms with Crippen LogP contribution in [0, 0.1) is 5.92 Å². The third-order valence-electron chi connectivity index (χ3n) is 2.91. The summed E-state index contributed by atoms with van der Waals surface area (Å²) in [6, 6.07) is 6.06. The second-order valence-corrected chi connectivity index (χ2v) is 4.34. The summed E-state index contributed by atoms with van der Waals surface area (Å²) in [7, 11) is 0. The van der Waals surface area contributed by atoms with E-state index in [-0.39, 0.29) is 0 Å². The normalized spacial score (nSPS) is 13.1. The van der Waals surface area contributed by atoms with Crippen molar-refractivity contribution in [3.8, 4) is 0 Å². The fraction of sp³-hybridized carbons (Fsp3) is 0.462. The molecule has 1 N–H and O–H groups in total. The zero-order chi connectivity index (χ0) is 11.4. The molecule has 0 saturated carbocycles. The third kappa shape index (κ3) is 2.61. The van der Waals surface area contributed by atoms with Gasteiger partial charge in [0.1, 0.15) is 5.65 Å². The minimum atomic E-state index is 0.733. The van der Waals surface area contributed by atoms with Gasteiger partial charge in [0.15, 0.2) is 0 Å². The fourth-order valence-electron chi connectivity index (χ4n) is 1.66. The molecule has 3 heteroatoms. The Morgan fingerprint density at radius 2 is 2.31 bits per heavy atom. The van der Waals surface area contributed by atoms with Crippen LogP contribution in [0.25, 0.3) is 5.65 Å². The van der Waals surface area contributed by atoms with E-state index in [2.05, 4.69) is 34.7 Å². The molecule has 1 atom stereocenters. The first-order valence-electron chi connectivity index (χ1n) is 5.93. The Morgan fingerprint density at radius 3 is 3.06 bits per heavy atom. The van der Waals surface area contributed by atoms with Crippen LogP contribution < -0.4 is 5.32 Å². The summed E-state index contributed by atoms with van der Waals surface area (Å²) < 4.78 is 2.06. The van der Waals surface area contributed by atoms with Crippen LogP contribution >= 0.6 is 0 Å². The Bertz CT molecular complexity index is 414. The van der Waals surface area contributed by atoms with E-state index in [1.165, 1.54) is 6.42 Å². The largest absolute Gasteiger partial charge is 0.311 e. The molecule has 0 bridgehead atoms. The maximum absolute atomic E-state index is 4.54. The number of rotatable bonds is 5. The second kappa shape index (κ2) is 5.12. The molecule has 0 amide bonds. The number of imidazole rings is 1. The standard InChI is InChI=1S/C13H19N3/c1-3-11(2)8-14-9-12-10-16-7-5-4-6-13(16)15-12/h4-7,10-11,14H,3,8-9H2,1-2H3. The molecule has 1 unspecified atom stereocenters. The van der Waals surface area contributed by atoms with Gasteiger partial charge in [-0.1, -0.05) is 26.3 Å². The monoisotopic (exact) mass is 217 g/mol. The lowest BCUT2D eigenvalue weighted by atomic mass is 10.1. The predicted octanol–water partition coefficient (Wildman–Crippen LogP) is 2.47. The predicted molar refractivity (Wildman–Crippen MR) is 66.4 cm³/mol. The summed E-state index contributed by atoms with van der Waals surface area (Å²) in [5.74, 6) is 0.733. The first kappa shape index (κ1) is 11.1. The molecule has 2 aromatic rings. The molecule has 3 nitrogen and oxygen atoms in total. The highest BCUT2D eigenvalue weighted by atomic mass is 15.0. The molecule has 16 heavy (non-hydrogen) atoms. The Labute approximate surface area is 96.5 Å². The van der Waals surface area contributed by atoms with E-state index in [4.69, 9.17) is 0 Å². The number of hydrogen-bond acceptors (Lipinski definition) is 2. The van der Waals surface area contributed by atoms with E-state index in [0.29, 0.717) is 0 Å². The van der Waals surface area contributed by atoms with Gasteiger partial charge in [-0.2, -0.15) is 0 Å². The summed E-state index contributed by atoms with van der Waals surface area (Å²) in [4.78, 5) is 4.54. The number of nitrogens with zero attached hydrogens (tertiary/aromatic N) is 2. The summed E-state index contributed by atoms with van der Waals surface area (Å²) in [6.45, 7) is 6.39. The smallest absolute Gasteiger partial charge is 0.137 e. The highest BCUT2D eigenvalue weighted by molar-refractivity contribution is 5.39. The van der Waals surface area contributed by atoms with Crippen molar-refractivity contribution in [2.45, 2.75) is 26.8 Å². The SMILES string of the molecule is CCC(C)CNCc1cn2ccccc2n1. The van der Waals surface area contributed by atoms with Crippen molar-refractivity contribution in [1.82, 2.24) is 14.7 Å². The van der Waals surface area contributed by atoms with Crippen LogP contribution in [0.1, 0.15) is 26.0 Å². The third-order valence-corrected chi connectivity index (χ3v) is 2.91. The van der Waals surface area contributed by atoms with E-state index in [9.17, 15) is 0 Å². The molecule has 0 spiro atoms. The van der Waals surface area contributed by atoms with Crippen molar-refractivity contribution in [2.24, 2.45) is 5.92 Å². The fourth-order valence-corrected chi connectivity index (χ4v) is 1.66. The summed E-state index contributed by atoms with van der Waals surface area (Å²) >= 11 is 0. The summed E-state index contributed by atoms with van der Waals surface area (Å²) in [5, 5.41) is 3.44. The van der Waals surface area contributed by atoms with E-state index in [0.717, 1.165) is 30.3 Å². The topological polar surface area (TPSA) is 29.3 Å². The number of nitrogens with one attached hydrogen (secondary N) is 1. The van der Waals surface area contributed by atoms with Crippen molar-refractivity contribution >= 4 is 5.65 Å². The minimum Gasteiger partial charge on any atom is -0.311 e. The van der Waals surface area contributed by atoms with Gasteiger partial charge in [-0.15, -0.1) is 0 Å². The second-order valence-electron chi connectivity index (χ2n) is 4.34. The van der Waals surface area contributed by atoms with Crippen LogP contribution in [0.15, 0.2) is 30.6 Å². The van der Waals surface area contributed by atoms with Gasteiger partial charge in [-0.3, -0.25) is 0 Å². The van der Waals surface area contributed by atoms with E-state index < -0.39 is 0 Å². The van der Waals surface area contributed by atoms with Gasteiger partial charge in [-0.25, -0.2) is 4.98 Å². The molecule has 0 aliphatic carbocycles. The van der Waals surface area contributed by atoms with Crippen molar-refractivity contribution in [2.75, 3.05) is 6.54 Å². The maximum atomic E-state index is 4.54. The van der Waals surface area contributed by atoms with Crippen LogP contribution in [-0.2, 0) is 6.54 Å². The van der Waals surface area contributed by atoms with Crippen molar-refractivity contribution in [1.29, 1.82) is 0 Å². The molecule has 0 fully saturated rings. The lowest BCUT2D eigenvalue weighted by Crippen LogP contribution is -2.20. The zero-order valence-electron chi connectivity index (χ0n) is 9.98. The van der Waals surface area contributed by atoms with E-state index in [1.807, 2.05) is 24.4 Å². The zero-order valence-corrected chi connectivity index (χ0v) is 9.98. The van der Waals surface area contributed by atoms with Gasteiger partial charge in [0.25, 0.3) is 0 Å². The molecular formula is C13H19N3. The Hall–Kier alpha value is -1.35. The molecular weight excluding hydrogens is 198 g/mol. The van der Waals surface area contributed by atoms with Crippen LogP contribution in [0.5, 0.6) is 0 Å². The van der Waals surface area contributed by atoms with E-state index in [1.54, 1.807) is 0 Å². The number of pyridine rings is 1. The quantitative estimate of drug-likeness (QED) is 0.833. The van der Waals surface area contributed by atoms with Gasteiger partial charge in [0, 0.05) is 18.9 Å². The van der Waals surface area contributed by atoms with Gasteiger partial charge >= 0.3 is 0 Å². The number of fused-ring (bicyclic) bond motifs is 1. The van der Waals surface area contributed by atoms with Crippen LogP contribution in [0.4, 0.5) is 0 Å². The Balaban J connectivity index is 1.94. The van der Waals surface area contributed by atoms with Crippen molar-refractivity contribution in [3.05, 3.63) is 36.3 Å². The molecule has 0 radical (unpaired) electrons. The molecule has 0 saturated heterocycles. The lowest BCUT2D eigenvalue weighted by Gasteiger charge is -2.08. The highest BCUT2D eigenvalue weighted by Crippen LogP contribution is 2.04. The molecule has 0 aliphatic heterocycles. The van der Waals surface area contributed by atoms with Crippen LogP contribution in [-0.4, -0.2) is 15.9 Å². The first-order valence-corrected chi connectivity index (χ1v) is 5.93. The van der Waals surface area contributed by atoms with Crippen molar-refractivity contribution in [3.63, 3.8) is 0 Å². The van der Waals surface area contributed by atoms with Crippen molar-refractivity contribution < 1.29 is 0 Å². The summed E-state index contributed by atoms with van der Waals surface area (Å²) in [6.07, 6.45) is 5.33. The van der Waals surface area contributed by atoms with Gasteiger partial charge < -0.3 is 9.72 Å². The van der Waals surface area contributed by atoms with Gasteiger partial charge in [-0.05, 0) is 24.6 Å². The molecule has 2 heterocycles. The van der Waals surface area contributed by atoms with Gasteiger partial charge in [0.05, 0.1) is 5.69 Å². The highest BCUT2D eigenvalue weighted by Gasteiger charge is 2.01. The Kier molecular flexibility index (Phi) is 3.57. The number of aromatic nitrogens is 2. The maximum Gasteiger partial charge on any atom is 0.137 e. The number of hydrogen-bond donors (Lipinski definition) is 1. The lowest BCUT2D eigenvalue weighted by molar-refractivity contribution is 0.498. The average Bonchev–Trinajstić information content (AvgIpc) is 2.71. The Morgan fingerprint density at radius 1 is 1.44 bits per heavy atom. The molecule has 0 aliphatic rings. The van der Waals surface area contributed by atoms with Gasteiger partial charge in [0.2, 0.25) is 0 Å².